The molecule has 3 heterocycles. The molecule has 1 aromatic carbocycles. The van der Waals surface area contributed by atoms with Crippen molar-refractivity contribution in [1.82, 2.24) is 20.5 Å². The number of carbonyl (C=O) groups is 1. The zero-order chi connectivity index (χ0) is 26.7. The van der Waals surface area contributed by atoms with Crippen LogP contribution in [0.4, 0.5) is 20.7 Å². The van der Waals surface area contributed by atoms with Gasteiger partial charge in [-0.3, -0.25) is 10.00 Å². The Morgan fingerprint density at radius 1 is 1.19 bits per heavy atom. The topological polar surface area (TPSA) is 85.9 Å². The highest BCUT2D eigenvalue weighted by Gasteiger charge is 2.29. The molecule has 0 aliphatic carbocycles. The van der Waals surface area contributed by atoms with Gasteiger partial charge in [-0.25, -0.2) is 14.2 Å². The number of hydrogen-bond donors (Lipinski definition) is 3. The minimum absolute atomic E-state index is 0.135. The maximum Gasteiger partial charge on any atom is 0.327 e. The Balaban J connectivity index is 0.000000392. The number of halogens is 1. The number of fused-ring (bicyclic) bond motifs is 2. The molecule has 2 atom stereocenters. The molecule has 0 saturated heterocycles. The third kappa shape index (κ3) is 7.26. The van der Waals surface area contributed by atoms with E-state index in [9.17, 15) is 9.18 Å². The van der Waals surface area contributed by atoms with E-state index < -0.39 is 5.82 Å². The molecule has 3 N–H and O–H groups in total. The molecular weight excluding hydrogens is 455 g/mol. The summed E-state index contributed by atoms with van der Waals surface area (Å²) in [5.74, 6) is 0.580. The second-order valence-electron chi connectivity index (χ2n) is 8.90. The Hall–Kier alpha value is -3.00. The van der Waals surface area contributed by atoms with Gasteiger partial charge >= 0.3 is 6.03 Å². The fourth-order valence-electron chi connectivity index (χ4n) is 3.97. The second-order valence-corrected chi connectivity index (χ2v) is 8.90. The predicted octanol–water partition coefficient (Wildman–Crippen LogP) is 7.02. The van der Waals surface area contributed by atoms with Crippen LogP contribution in [-0.4, -0.2) is 40.3 Å². The molecule has 1 aliphatic heterocycles. The van der Waals surface area contributed by atoms with E-state index in [1.807, 2.05) is 19.9 Å². The molecule has 0 spiro atoms. The quantitative estimate of drug-likeness (QED) is 0.327. The van der Waals surface area contributed by atoms with Gasteiger partial charge in [-0.15, -0.1) is 0 Å². The van der Waals surface area contributed by atoms with E-state index in [1.165, 1.54) is 24.5 Å². The number of aromatic nitrogens is 3. The first-order valence-electron chi connectivity index (χ1n) is 13.3. The number of benzene rings is 1. The average Bonchev–Trinajstić information content (AvgIpc) is 3.55. The SMILES string of the molecule is CC.CCC(C)c1ccnc2c1CCN2C(=O)Nc1cc2cn[nH]c2cc1F.CCCN[C@@H](C)CC. The van der Waals surface area contributed by atoms with E-state index in [2.05, 4.69) is 60.4 Å². The van der Waals surface area contributed by atoms with Crippen molar-refractivity contribution < 1.29 is 9.18 Å². The Labute approximate surface area is 215 Å². The summed E-state index contributed by atoms with van der Waals surface area (Å²) in [5.41, 5.74) is 3.07. The Morgan fingerprint density at radius 3 is 2.61 bits per heavy atom. The summed E-state index contributed by atoms with van der Waals surface area (Å²) in [6.07, 6.45) is 7.60. The smallest absolute Gasteiger partial charge is 0.314 e. The summed E-state index contributed by atoms with van der Waals surface area (Å²) in [6.45, 7) is 16.6. The van der Waals surface area contributed by atoms with Crippen LogP contribution in [0.15, 0.2) is 30.6 Å². The van der Waals surface area contributed by atoms with Crippen LogP contribution in [0.2, 0.25) is 0 Å². The van der Waals surface area contributed by atoms with Crippen molar-refractivity contribution in [3.63, 3.8) is 0 Å². The third-order valence-corrected chi connectivity index (χ3v) is 6.42. The van der Waals surface area contributed by atoms with Crippen LogP contribution in [0.5, 0.6) is 0 Å². The third-order valence-electron chi connectivity index (χ3n) is 6.42. The lowest BCUT2D eigenvalue weighted by molar-refractivity contribution is 0.257. The first-order chi connectivity index (χ1) is 17.4. The first-order valence-corrected chi connectivity index (χ1v) is 13.3. The summed E-state index contributed by atoms with van der Waals surface area (Å²) >= 11 is 0. The van der Waals surface area contributed by atoms with Gasteiger partial charge in [-0.2, -0.15) is 5.10 Å². The summed E-state index contributed by atoms with van der Waals surface area (Å²) in [6, 6.07) is 5.26. The molecule has 0 saturated carbocycles. The second kappa shape index (κ2) is 14.5. The van der Waals surface area contributed by atoms with Gasteiger partial charge in [0.2, 0.25) is 0 Å². The van der Waals surface area contributed by atoms with Gasteiger partial charge in [0.05, 0.1) is 17.4 Å². The van der Waals surface area contributed by atoms with Crippen LogP contribution < -0.4 is 15.5 Å². The number of carbonyl (C=O) groups excluding carboxylic acids is 1. The molecule has 0 fully saturated rings. The number of rotatable bonds is 7. The van der Waals surface area contributed by atoms with Gasteiger partial charge in [-0.05, 0) is 62.8 Å². The Kier molecular flexibility index (Phi) is 11.8. The van der Waals surface area contributed by atoms with Crippen molar-refractivity contribution in [1.29, 1.82) is 0 Å². The average molecular weight is 499 g/mol. The standard InChI is InChI=1S/C19H20FN5O.C7H17N.C2H6/c1-3-11(2)13-4-6-21-18-14(13)5-7-25(18)19(26)23-17-8-12-10-22-24-16(12)9-15(17)20;1-4-6-8-7(3)5-2;1-2/h4,6,8-11H,3,5,7H2,1-2H3,(H,22,24)(H,23,26);7-8H,4-6H2,1-3H3;1-2H3/t;7-;/m.0./s1. The van der Waals surface area contributed by atoms with Gasteiger partial charge in [-0.1, -0.05) is 41.5 Å². The molecule has 2 amide bonds. The van der Waals surface area contributed by atoms with E-state index in [1.54, 1.807) is 23.4 Å². The maximum atomic E-state index is 14.3. The van der Waals surface area contributed by atoms with E-state index >= 15 is 0 Å². The summed E-state index contributed by atoms with van der Waals surface area (Å²) < 4.78 is 14.3. The van der Waals surface area contributed by atoms with Crippen LogP contribution >= 0.6 is 0 Å². The number of aromatic amines is 1. The van der Waals surface area contributed by atoms with Crippen LogP contribution in [0.3, 0.4) is 0 Å². The Morgan fingerprint density at radius 2 is 1.94 bits per heavy atom. The van der Waals surface area contributed by atoms with Crippen molar-refractivity contribution in [3.05, 3.63) is 47.5 Å². The summed E-state index contributed by atoms with van der Waals surface area (Å²) in [4.78, 5) is 18.7. The molecule has 4 rings (SSSR count). The summed E-state index contributed by atoms with van der Waals surface area (Å²) in [7, 11) is 0. The molecule has 3 aromatic rings. The summed E-state index contributed by atoms with van der Waals surface area (Å²) in [5, 5.41) is 13.4. The molecule has 198 valence electrons. The highest BCUT2D eigenvalue weighted by molar-refractivity contribution is 6.03. The highest BCUT2D eigenvalue weighted by atomic mass is 19.1. The lowest BCUT2D eigenvalue weighted by Crippen LogP contribution is -2.34. The number of H-pyrrole nitrogens is 1. The number of pyridine rings is 1. The number of nitrogens with one attached hydrogen (secondary N) is 3. The lowest BCUT2D eigenvalue weighted by atomic mass is 9.94. The molecule has 1 aliphatic rings. The van der Waals surface area contributed by atoms with Crippen LogP contribution in [0.1, 0.15) is 84.8 Å². The number of anilines is 2. The fourth-order valence-corrected chi connectivity index (χ4v) is 3.97. The predicted molar refractivity (Wildman–Crippen MR) is 148 cm³/mol. The number of nitrogens with zero attached hydrogens (tertiary/aromatic N) is 3. The molecule has 8 heteroatoms. The molecular formula is C28H43FN6O. The van der Waals surface area contributed by atoms with Crippen molar-refractivity contribution in [2.45, 2.75) is 86.1 Å². The maximum absolute atomic E-state index is 14.3. The first kappa shape index (κ1) is 29.2. The zero-order valence-corrected chi connectivity index (χ0v) is 22.9. The molecule has 2 aromatic heterocycles. The van der Waals surface area contributed by atoms with Gasteiger partial charge in [0, 0.05) is 35.8 Å². The van der Waals surface area contributed by atoms with Crippen LogP contribution in [-0.2, 0) is 6.42 Å². The van der Waals surface area contributed by atoms with E-state index in [0.29, 0.717) is 29.8 Å². The normalized spacial score (nSPS) is 13.7. The van der Waals surface area contributed by atoms with Crippen LogP contribution in [0, 0.1) is 5.82 Å². The van der Waals surface area contributed by atoms with Crippen molar-refractivity contribution in [3.8, 4) is 0 Å². The fraction of sp³-hybridized carbons (Fsp3) is 0.536. The number of urea groups is 1. The molecule has 0 radical (unpaired) electrons. The number of hydrogen-bond acceptors (Lipinski definition) is 4. The monoisotopic (exact) mass is 498 g/mol. The van der Waals surface area contributed by atoms with Gasteiger partial charge in [0.25, 0.3) is 0 Å². The molecule has 1 unspecified atom stereocenters. The van der Waals surface area contributed by atoms with Gasteiger partial charge in [0.1, 0.15) is 11.6 Å². The lowest BCUT2D eigenvalue weighted by Gasteiger charge is -2.19. The van der Waals surface area contributed by atoms with Crippen molar-refractivity contribution in [2.24, 2.45) is 0 Å². The number of amides is 2. The van der Waals surface area contributed by atoms with E-state index in [-0.39, 0.29) is 11.7 Å². The minimum atomic E-state index is -0.504. The van der Waals surface area contributed by atoms with Crippen molar-refractivity contribution in [2.75, 3.05) is 23.3 Å². The molecule has 36 heavy (non-hydrogen) atoms. The van der Waals surface area contributed by atoms with Gasteiger partial charge in [0.15, 0.2) is 0 Å². The minimum Gasteiger partial charge on any atom is -0.314 e. The molecule has 7 nitrogen and oxygen atoms in total. The zero-order valence-electron chi connectivity index (χ0n) is 22.9. The Bertz CT molecular complexity index is 1100. The van der Waals surface area contributed by atoms with Gasteiger partial charge < -0.3 is 10.6 Å². The van der Waals surface area contributed by atoms with E-state index in [4.69, 9.17) is 0 Å². The molecule has 0 bridgehead atoms. The van der Waals surface area contributed by atoms with Crippen LogP contribution in [0.25, 0.3) is 10.9 Å². The highest BCUT2D eigenvalue weighted by Crippen LogP contribution is 2.34. The van der Waals surface area contributed by atoms with E-state index in [0.717, 1.165) is 30.3 Å². The largest absolute Gasteiger partial charge is 0.327 e. The van der Waals surface area contributed by atoms with Crippen molar-refractivity contribution >= 4 is 28.4 Å².